The lowest BCUT2D eigenvalue weighted by atomic mass is 10.2. The van der Waals surface area contributed by atoms with E-state index >= 15 is 0 Å². The average Bonchev–Trinajstić information content (AvgIpc) is 2.49. The van der Waals surface area contributed by atoms with Crippen LogP contribution in [0.25, 0.3) is 6.08 Å². The van der Waals surface area contributed by atoms with Crippen molar-refractivity contribution < 1.29 is 4.79 Å². The average molecular weight is 265 g/mol. The highest BCUT2D eigenvalue weighted by molar-refractivity contribution is 5.90. The van der Waals surface area contributed by atoms with Crippen LogP contribution in [0.15, 0.2) is 71.8 Å². The van der Waals surface area contributed by atoms with Gasteiger partial charge in [0.15, 0.2) is 0 Å². The normalized spacial score (nSPS) is 10.8. The summed E-state index contributed by atoms with van der Waals surface area (Å²) in [6, 6.07) is 18.7. The maximum Gasteiger partial charge on any atom is 0.339 e. The molecule has 0 bridgehead atoms. The molecule has 0 aliphatic heterocycles. The number of anilines is 1. The van der Waals surface area contributed by atoms with Crippen molar-refractivity contribution in [1.29, 1.82) is 0 Å². The van der Waals surface area contributed by atoms with Crippen LogP contribution in [0.1, 0.15) is 5.56 Å². The number of carbonyl (C=O) groups is 1. The van der Waals surface area contributed by atoms with E-state index in [2.05, 4.69) is 15.8 Å². The third kappa shape index (κ3) is 4.78. The van der Waals surface area contributed by atoms with Gasteiger partial charge in [0.1, 0.15) is 0 Å². The highest BCUT2D eigenvalue weighted by atomic mass is 16.2. The molecule has 0 spiro atoms. The molecule has 0 radical (unpaired) electrons. The minimum absolute atomic E-state index is 0.374. The number of hydrogen-bond acceptors (Lipinski definition) is 2. The largest absolute Gasteiger partial charge is 0.339 e. The number of allylic oxidation sites excluding steroid dienone is 1. The van der Waals surface area contributed by atoms with Crippen LogP contribution in [0.4, 0.5) is 10.5 Å². The molecule has 2 aromatic carbocycles. The summed E-state index contributed by atoms with van der Waals surface area (Å²) >= 11 is 0. The van der Waals surface area contributed by atoms with Gasteiger partial charge in [0, 0.05) is 11.9 Å². The van der Waals surface area contributed by atoms with Gasteiger partial charge >= 0.3 is 6.03 Å². The van der Waals surface area contributed by atoms with Crippen LogP contribution in [0.3, 0.4) is 0 Å². The lowest BCUT2D eigenvalue weighted by Crippen LogP contribution is -2.23. The quantitative estimate of drug-likeness (QED) is 0.645. The van der Waals surface area contributed by atoms with Crippen molar-refractivity contribution >= 4 is 24.0 Å². The topological polar surface area (TPSA) is 53.5 Å². The summed E-state index contributed by atoms with van der Waals surface area (Å²) in [5, 5.41) is 6.47. The number of nitrogens with one attached hydrogen (secondary N) is 2. The number of carbonyl (C=O) groups excluding carboxylic acids is 1. The van der Waals surface area contributed by atoms with Crippen molar-refractivity contribution in [3.05, 3.63) is 72.3 Å². The molecular formula is C16H15N3O. The first-order chi connectivity index (χ1) is 9.84. The molecule has 0 unspecified atom stereocenters. The standard InChI is InChI=1S/C16H15N3O/c20-16(18-15-11-5-2-6-12-15)19-17-13-7-10-14-8-3-1-4-9-14/h1-13H,(H2,18,19,20)/b10-7+,17-13+. The number of benzene rings is 2. The van der Waals surface area contributed by atoms with E-state index in [1.54, 1.807) is 18.2 Å². The van der Waals surface area contributed by atoms with Crippen LogP contribution in [0.2, 0.25) is 0 Å². The summed E-state index contributed by atoms with van der Waals surface area (Å²) in [5.41, 5.74) is 4.18. The molecule has 4 heteroatoms. The summed E-state index contributed by atoms with van der Waals surface area (Å²) in [6.45, 7) is 0. The second-order valence-corrected chi connectivity index (χ2v) is 3.98. The minimum Gasteiger partial charge on any atom is -0.307 e. The van der Waals surface area contributed by atoms with E-state index in [1.807, 2.05) is 54.6 Å². The van der Waals surface area contributed by atoms with Gasteiger partial charge < -0.3 is 5.32 Å². The Balaban J connectivity index is 1.76. The molecular weight excluding hydrogens is 250 g/mol. The Hall–Kier alpha value is -2.88. The molecule has 20 heavy (non-hydrogen) atoms. The molecule has 0 aliphatic carbocycles. The second kappa shape index (κ2) is 7.53. The Labute approximate surface area is 117 Å². The number of urea groups is 1. The van der Waals surface area contributed by atoms with Crippen molar-refractivity contribution in [1.82, 2.24) is 5.43 Å². The number of hydrogen-bond donors (Lipinski definition) is 2. The zero-order valence-corrected chi connectivity index (χ0v) is 10.9. The van der Waals surface area contributed by atoms with E-state index in [-0.39, 0.29) is 6.03 Å². The monoisotopic (exact) mass is 265 g/mol. The molecule has 2 amide bonds. The van der Waals surface area contributed by atoms with Crippen LogP contribution in [-0.4, -0.2) is 12.2 Å². The Bertz CT molecular complexity index is 592. The van der Waals surface area contributed by atoms with E-state index in [0.717, 1.165) is 11.3 Å². The first-order valence-corrected chi connectivity index (χ1v) is 6.21. The molecule has 0 atom stereocenters. The third-order valence-corrected chi connectivity index (χ3v) is 2.45. The Morgan fingerprint density at radius 1 is 0.950 bits per heavy atom. The van der Waals surface area contributed by atoms with Crippen molar-refractivity contribution in [2.45, 2.75) is 0 Å². The maximum atomic E-state index is 11.5. The molecule has 2 aromatic rings. The van der Waals surface area contributed by atoms with Crippen molar-refractivity contribution in [3.8, 4) is 0 Å². The molecule has 2 rings (SSSR count). The number of nitrogens with zero attached hydrogens (tertiary/aromatic N) is 1. The fourth-order valence-electron chi connectivity index (χ4n) is 1.54. The van der Waals surface area contributed by atoms with Crippen molar-refractivity contribution in [2.75, 3.05) is 5.32 Å². The Kier molecular flexibility index (Phi) is 5.10. The summed E-state index contributed by atoms with van der Waals surface area (Å²) in [5.74, 6) is 0. The number of hydrazone groups is 1. The van der Waals surface area contributed by atoms with E-state index in [9.17, 15) is 4.79 Å². The molecule has 0 saturated heterocycles. The predicted octanol–water partition coefficient (Wildman–Crippen LogP) is 3.51. The Morgan fingerprint density at radius 3 is 2.30 bits per heavy atom. The summed E-state index contributed by atoms with van der Waals surface area (Å²) in [7, 11) is 0. The van der Waals surface area contributed by atoms with Gasteiger partial charge in [0.25, 0.3) is 0 Å². The molecule has 4 nitrogen and oxygen atoms in total. The summed E-state index contributed by atoms with van der Waals surface area (Å²) in [6.07, 6.45) is 5.19. The van der Waals surface area contributed by atoms with E-state index < -0.39 is 0 Å². The van der Waals surface area contributed by atoms with Gasteiger partial charge in [0.05, 0.1) is 0 Å². The highest BCUT2D eigenvalue weighted by Crippen LogP contribution is 2.04. The first kappa shape index (κ1) is 13.5. The number of rotatable bonds is 4. The molecule has 100 valence electrons. The number of para-hydroxylation sites is 1. The van der Waals surface area contributed by atoms with E-state index in [0.29, 0.717) is 0 Å². The zero-order chi connectivity index (χ0) is 14.0. The molecule has 0 aliphatic rings. The molecule has 0 aromatic heterocycles. The van der Waals surface area contributed by atoms with Gasteiger partial charge in [-0.15, -0.1) is 0 Å². The van der Waals surface area contributed by atoms with Crippen LogP contribution in [-0.2, 0) is 0 Å². The minimum atomic E-state index is -0.374. The Morgan fingerprint density at radius 2 is 1.60 bits per heavy atom. The zero-order valence-electron chi connectivity index (χ0n) is 10.9. The van der Waals surface area contributed by atoms with E-state index in [4.69, 9.17) is 0 Å². The fourth-order valence-corrected chi connectivity index (χ4v) is 1.54. The van der Waals surface area contributed by atoms with Crippen molar-refractivity contribution in [2.24, 2.45) is 5.10 Å². The molecule has 0 fully saturated rings. The van der Waals surface area contributed by atoms with Gasteiger partial charge in [0.2, 0.25) is 0 Å². The van der Waals surface area contributed by atoms with Crippen LogP contribution < -0.4 is 10.7 Å². The smallest absolute Gasteiger partial charge is 0.307 e. The van der Waals surface area contributed by atoms with Crippen LogP contribution in [0.5, 0.6) is 0 Å². The van der Waals surface area contributed by atoms with Gasteiger partial charge in [-0.1, -0.05) is 54.6 Å². The summed E-state index contributed by atoms with van der Waals surface area (Å²) in [4.78, 5) is 11.5. The van der Waals surface area contributed by atoms with Gasteiger partial charge in [-0.2, -0.15) is 5.10 Å². The maximum absolute atomic E-state index is 11.5. The van der Waals surface area contributed by atoms with Crippen LogP contribution >= 0.6 is 0 Å². The lowest BCUT2D eigenvalue weighted by molar-refractivity contribution is 0.252. The fraction of sp³-hybridized carbons (Fsp3) is 0. The SMILES string of the molecule is O=C(N/N=C/C=C/c1ccccc1)Nc1ccccc1. The predicted molar refractivity (Wildman–Crippen MR) is 82.6 cm³/mol. The number of amides is 2. The van der Waals surface area contributed by atoms with Crippen LogP contribution in [0, 0.1) is 0 Å². The lowest BCUT2D eigenvalue weighted by Gasteiger charge is -2.02. The van der Waals surface area contributed by atoms with E-state index in [1.165, 1.54) is 6.21 Å². The molecule has 0 saturated carbocycles. The van der Waals surface area contributed by atoms with Gasteiger partial charge in [-0.3, -0.25) is 0 Å². The second-order valence-electron chi connectivity index (χ2n) is 3.98. The first-order valence-electron chi connectivity index (χ1n) is 6.21. The molecule has 2 N–H and O–H groups in total. The van der Waals surface area contributed by atoms with Gasteiger partial charge in [-0.25, -0.2) is 10.2 Å². The highest BCUT2D eigenvalue weighted by Gasteiger charge is 1.97. The van der Waals surface area contributed by atoms with Gasteiger partial charge in [-0.05, 0) is 23.8 Å². The van der Waals surface area contributed by atoms with Crippen molar-refractivity contribution in [3.63, 3.8) is 0 Å². The third-order valence-electron chi connectivity index (χ3n) is 2.45. The summed E-state index contributed by atoms with van der Waals surface area (Å²) < 4.78 is 0. The molecule has 0 heterocycles.